The van der Waals surface area contributed by atoms with Gasteiger partial charge in [0.2, 0.25) is 5.91 Å². The van der Waals surface area contributed by atoms with Gasteiger partial charge in [0.15, 0.2) is 0 Å². The Labute approximate surface area is 144 Å². The summed E-state index contributed by atoms with van der Waals surface area (Å²) in [4.78, 5) is 25.4. The number of carbonyl (C=O) groups is 2. The summed E-state index contributed by atoms with van der Waals surface area (Å²) in [5.41, 5.74) is 1.77. The van der Waals surface area contributed by atoms with Gasteiger partial charge >= 0.3 is 6.09 Å². The number of rotatable bonds is 7. The molecular formula is C18H29N3O3. The van der Waals surface area contributed by atoms with Crippen molar-refractivity contribution in [2.75, 3.05) is 31.1 Å². The number of likely N-dealkylation sites (N-methyl/N-ethyl adjacent to an activating group) is 1. The minimum absolute atomic E-state index is 0.0918. The Kier molecular flexibility index (Phi) is 7.55. The predicted molar refractivity (Wildman–Crippen MR) is 96.3 cm³/mol. The molecule has 6 nitrogen and oxygen atoms in total. The second kappa shape index (κ2) is 9.15. The van der Waals surface area contributed by atoms with Crippen molar-refractivity contribution in [1.29, 1.82) is 0 Å². The minimum atomic E-state index is -0.590. The molecule has 0 aromatic heterocycles. The van der Waals surface area contributed by atoms with Gasteiger partial charge in [-0.2, -0.15) is 0 Å². The average Bonchev–Trinajstić information content (AvgIpc) is 2.48. The van der Waals surface area contributed by atoms with E-state index < -0.39 is 11.7 Å². The van der Waals surface area contributed by atoms with Gasteiger partial charge in [0, 0.05) is 25.3 Å². The third-order valence-electron chi connectivity index (χ3n) is 3.24. The van der Waals surface area contributed by atoms with Crippen LogP contribution in [0.5, 0.6) is 0 Å². The lowest BCUT2D eigenvalue weighted by Gasteiger charge is -2.23. The number of hydrogen-bond donors (Lipinski definition) is 2. The van der Waals surface area contributed by atoms with Gasteiger partial charge in [-0.25, -0.2) is 4.79 Å². The molecule has 6 heteroatoms. The molecule has 1 aromatic carbocycles. The zero-order valence-electron chi connectivity index (χ0n) is 15.3. The summed E-state index contributed by atoms with van der Waals surface area (Å²) in [7, 11) is 0. The third kappa shape index (κ3) is 7.85. The summed E-state index contributed by atoms with van der Waals surface area (Å²) in [5.74, 6) is -0.235. The maximum Gasteiger partial charge on any atom is 0.408 e. The number of amides is 2. The van der Waals surface area contributed by atoms with Crippen molar-refractivity contribution in [2.24, 2.45) is 0 Å². The molecule has 0 aliphatic rings. The van der Waals surface area contributed by atoms with Crippen LogP contribution in [0.1, 0.15) is 33.3 Å². The standard InChI is InChI=1S/C18H29N3O3/c1-6-21(15-9-7-8-14(2)12-15)11-10-19-16(22)13-20-17(23)24-18(3,4)5/h7-9,12H,6,10-11,13H2,1-5H3,(H,19,22)(H,20,23). The van der Waals surface area contributed by atoms with Crippen LogP contribution in [0.15, 0.2) is 24.3 Å². The Morgan fingerprint density at radius 3 is 2.50 bits per heavy atom. The first-order valence-electron chi connectivity index (χ1n) is 8.26. The zero-order valence-corrected chi connectivity index (χ0v) is 15.3. The van der Waals surface area contributed by atoms with E-state index in [9.17, 15) is 9.59 Å². The van der Waals surface area contributed by atoms with E-state index in [0.717, 1.165) is 12.2 Å². The minimum Gasteiger partial charge on any atom is -0.444 e. The second-order valence-electron chi connectivity index (χ2n) is 6.62. The van der Waals surface area contributed by atoms with Gasteiger partial charge in [0.25, 0.3) is 0 Å². The van der Waals surface area contributed by atoms with Crippen LogP contribution in [0.4, 0.5) is 10.5 Å². The first kappa shape index (κ1) is 19.8. The molecule has 0 saturated heterocycles. The van der Waals surface area contributed by atoms with E-state index in [4.69, 9.17) is 4.74 Å². The normalized spacial score (nSPS) is 10.9. The van der Waals surface area contributed by atoms with Crippen LogP contribution in [-0.2, 0) is 9.53 Å². The van der Waals surface area contributed by atoms with Crippen LogP contribution in [-0.4, -0.2) is 43.8 Å². The zero-order chi connectivity index (χ0) is 18.2. The van der Waals surface area contributed by atoms with Gasteiger partial charge in [0.05, 0.1) is 6.54 Å². The monoisotopic (exact) mass is 335 g/mol. The van der Waals surface area contributed by atoms with Crippen LogP contribution < -0.4 is 15.5 Å². The molecule has 1 rings (SSSR count). The van der Waals surface area contributed by atoms with Crippen molar-refractivity contribution in [3.63, 3.8) is 0 Å². The molecular weight excluding hydrogens is 306 g/mol. The summed E-state index contributed by atoms with van der Waals surface area (Å²) >= 11 is 0. The van der Waals surface area contributed by atoms with Gasteiger partial charge in [-0.1, -0.05) is 12.1 Å². The van der Waals surface area contributed by atoms with Gasteiger partial charge in [-0.3, -0.25) is 4.79 Å². The Bertz CT molecular complexity index is 553. The van der Waals surface area contributed by atoms with Gasteiger partial charge in [0.1, 0.15) is 5.60 Å². The van der Waals surface area contributed by atoms with Crippen LogP contribution in [0, 0.1) is 6.92 Å². The molecule has 0 radical (unpaired) electrons. The topological polar surface area (TPSA) is 70.7 Å². The van der Waals surface area contributed by atoms with E-state index in [2.05, 4.69) is 47.6 Å². The van der Waals surface area contributed by atoms with Crippen molar-refractivity contribution in [3.8, 4) is 0 Å². The second-order valence-corrected chi connectivity index (χ2v) is 6.62. The number of carbonyl (C=O) groups excluding carboxylic acids is 2. The van der Waals surface area contributed by atoms with Crippen LogP contribution >= 0.6 is 0 Å². The molecule has 0 aliphatic heterocycles. The molecule has 0 bridgehead atoms. The van der Waals surface area contributed by atoms with Crippen molar-refractivity contribution in [3.05, 3.63) is 29.8 Å². The molecule has 24 heavy (non-hydrogen) atoms. The number of nitrogens with zero attached hydrogens (tertiary/aromatic N) is 1. The van der Waals surface area contributed by atoms with Crippen LogP contribution in [0.25, 0.3) is 0 Å². The number of alkyl carbamates (subject to hydrolysis) is 1. The first-order valence-corrected chi connectivity index (χ1v) is 8.26. The van der Waals surface area contributed by atoms with Gasteiger partial charge in [-0.05, 0) is 52.3 Å². The fourth-order valence-electron chi connectivity index (χ4n) is 2.15. The number of nitrogens with one attached hydrogen (secondary N) is 2. The fraction of sp³-hybridized carbons (Fsp3) is 0.556. The Morgan fingerprint density at radius 2 is 1.92 bits per heavy atom. The van der Waals surface area contributed by atoms with E-state index in [0.29, 0.717) is 13.1 Å². The molecule has 0 unspecified atom stereocenters. The maximum absolute atomic E-state index is 11.8. The van der Waals surface area contributed by atoms with E-state index in [1.54, 1.807) is 20.8 Å². The SMILES string of the molecule is CCN(CCNC(=O)CNC(=O)OC(C)(C)C)c1cccc(C)c1. The quantitative estimate of drug-likeness (QED) is 0.803. The van der Waals surface area contributed by atoms with E-state index in [1.807, 2.05) is 6.07 Å². The molecule has 0 spiro atoms. The first-order chi connectivity index (χ1) is 11.2. The molecule has 2 amide bonds. The lowest BCUT2D eigenvalue weighted by molar-refractivity contribution is -0.120. The highest BCUT2D eigenvalue weighted by Crippen LogP contribution is 2.14. The molecule has 0 heterocycles. The maximum atomic E-state index is 11.8. The average molecular weight is 335 g/mol. The van der Waals surface area contributed by atoms with E-state index >= 15 is 0 Å². The summed E-state index contributed by atoms with van der Waals surface area (Å²) in [5, 5.41) is 5.24. The molecule has 1 aromatic rings. The summed E-state index contributed by atoms with van der Waals surface area (Å²) in [6.07, 6.45) is -0.590. The number of ether oxygens (including phenoxy) is 1. The van der Waals surface area contributed by atoms with E-state index in [1.165, 1.54) is 5.56 Å². The van der Waals surface area contributed by atoms with Gasteiger partial charge < -0.3 is 20.3 Å². The Balaban J connectivity index is 2.32. The summed E-state index contributed by atoms with van der Waals surface area (Å²) in [6, 6.07) is 8.26. The molecule has 0 atom stereocenters. The summed E-state index contributed by atoms with van der Waals surface area (Å²) < 4.78 is 5.08. The van der Waals surface area contributed by atoms with Crippen molar-refractivity contribution >= 4 is 17.7 Å². The lowest BCUT2D eigenvalue weighted by Crippen LogP contribution is -2.42. The van der Waals surface area contributed by atoms with E-state index in [-0.39, 0.29) is 12.5 Å². The highest BCUT2D eigenvalue weighted by Gasteiger charge is 2.16. The highest BCUT2D eigenvalue weighted by molar-refractivity contribution is 5.82. The highest BCUT2D eigenvalue weighted by atomic mass is 16.6. The largest absolute Gasteiger partial charge is 0.444 e. The smallest absolute Gasteiger partial charge is 0.408 e. The fourth-order valence-corrected chi connectivity index (χ4v) is 2.15. The molecule has 0 fully saturated rings. The van der Waals surface area contributed by atoms with Crippen molar-refractivity contribution in [2.45, 2.75) is 40.2 Å². The lowest BCUT2D eigenvalue weighted by atomic mass is 10.2. The summed E-state index contributed by atoms with van der Waals surface area (Å²) in [6.45, 7) is 11.4. The molecule has 0 aliphatic carbocycles. The van der Waals surface area contributed by atoms with Crippen molar-refractivity contribution in [1.82, 2.24) is 10.6 Å². The molecule has 0 saturated carbocycles. The predicted octanol–water partition coefficient (Wildman–Crippen LogP) is 2.46. The number of aryl methyl sites for hydroxylation is 1. The molecule has 2 N–H and O–H groups in total. The number of benzene rings is 1. The number of anilines is 1. The Hall–Kier alpha value is -2.24. The van der Waals surface area contributed by atoms with Crippen LogP contribution in [0.3, 0.4) is 0 Å². The number of hydrogen-bond acceptors (Lipinski definition) is 4. The molecule has 134 valence electrons. The van der Waals surface area contributed by atoms with Crippen molar-refractivity contribution < 1.29 is 14.3 Å². The third-order valence-corrected chi connectivity index (χ3v) is 3.24. The van der Waals surface area contributed by atoms with Gasteiger partial charge in [-0.15, -0.1) is 0 Å². The van der Waals surface area contributed by atoms with Crippen LogP contribution in [0.2, 0.25) is 0 Å². The Morgan fingerprint density at radius 1 is 1.21 bits per heavy atom.